The molecular formula is C16H15N7O. The molecule has 1 aromatic heterocycles. The molecule has 4 rings (SSSR count). The number of fused-ring (bicyclic) bond motifs is 2. The van der Waals surface area contributed by atoms with Gasteiger partial charge in [0, 0.05) is 0 Å². The van der Waals surface area contributed by atoms with Gasteiger partial charge in [-0.25, -0.2) is 0 Å². The van der Waals surface area contributed by atoms with Crippen molar-refractivity contribution in [1.29, 1.82) is 0 Å². The van der Waals surface area contributed by atoms with Gasteiger partial charge < -0.3 is 10.6 Å². The van der Waals surface area contributed by atoms with E-state index in [1.807, 2.05) is 38.1 Å². The molecule has 0 bridgehead atoms. The second-order valence-corrected chi connectivity index (χ2v) is 5.78. The summed E-state index contributed by atoms with van der Waals surface area (Å²) in [6, 6.07) is 7.71. The number of hydrazone groups is 1. The molecule has 0 saturated carbocycles. The molecule has 0 spiro atoms. The van der Waals surface area contributed by atoms with Crippen LogP contribution in [0.15, 0.2) is 40.5 Å². The van der Waals surface area contributed by atoms with Crippen LogP contribution in [0.3, 0.4) is 0 Å². The monoisotopic (exact) mass is 321 g/mol. The zero-order chi connectivity index (χ0) is 16.8. The number of nitrogens with zero attached hydrogens (tertiary/aromatic N) is 5. The van der Waals surface area contributed by atoms with Crippen molar-refractivity contribution in [3.63, 3.8) is 0 Å². The summed E-state index contributed by atoms with van der Waals surface area (Å²) in [5.74, 6) is 0.915. The fourth-order valence-corrected chi connectivity index (χ4v) is 2.75. The van der Waals surface area contributed by atoms with Crippen LogP contribution in [0, 0.1) is 0 Å². The maximum Gasteiger partial charge on any atom is 0.283 e. The first-order valence-corrected chi connectivity index (χ1v) is 7.50. The molecule has 3 heterocycles. The van der Waals surface area contributed by atoms with Crippen LogP contribution in [0.1, 0.15) is 20.8 Å². The number of carbonyl (C=O) groups excluding carboxylic acids is 1. The number of rotatable bonds is 1. The average molecular weight is 321 g/mol. The molecule has 8 nitrogen and oxygen atoms in total. The number of para-hydroxylation sites is 2. The first-order chi connectivity index (χ1) is 11.5. The van der Waals surface area contributed by atoms with Gasteiger partial charge in [0.05, 0.1) is 22.7 Å². The van der Waals surface area contributed by atoms with Crippen LogP contribution in [-0.4, -0.2) is 26.8 Å². The number of amides is 1. The van der Waals surface area contributed by atoms with Gasteiger partial charge in [-0.05, 0) is 32.9 Å². The number of aromatic nitrogens is 3. The largest absolute Gasteiger partial charge is 0.335 e. The molecule has 8 heteroatoms. The third kappa shape index (κ3) is 2.11. The maximum absolute atomic E-state index is 12.5. The highest BCUT2D eigenvalue weighted by atomic mass is 16.2. The summed E-state index contributed by atoms with van der Waals surface area (Å²) in [5, 5.41) is 20.0. The zero-order valence-electron chi connectivity index (χ0n) is 13.5. The standard InChI is InChI=1S/C16H15N7O/c1-8(2)12-9(3)22-23(15(12)24)16-19-13-14(20-21-16)18-11-7-5-4-6-10(11)17-13/h4-7H,1-3H3,(H,18,20)(H,17,19,21). The van der Waals surface area contributed by atoms with Crippen LogP contribution in [-0.2, 0) is 4.79 Å². The normalized spacial score (nSPS) is 15.3. The van der Waals surface area contributed by atoms with Gasteiger partial charge in [-0.2, -0.15) is 15.1 Å². The van der Waals surface area contributed by atoms with E-state index in [9.17, 15) is 4.79 Å². The Bertz CT molecular complexity index is 928. The number of nitrogens with one attached hydrogen (secondary N) is 2. The summed E-state index contributed by atoms with van der Waals surface area (Å²) in [6.45, 7) is 5.55. The van der Waals surface area contributed by atoms with Crippen LogP contribution in [0.25, 0.3) is 0 Å². The number of allylic oxidation sites excluding steroid dienone is 1. The van der Waals surface area contributed by atoms with E-state index in [1.54, 1.807) is 6.92 Å². The van der Waals surface area contributed by atoms with Gasteiger partial charge in [-0.1, -0.05) is 17.7 Å². The van der Waals surface area contributed by atoms with Crippen molar-refractivity contribution in [1.82, 2.24) is 15.2 Å². The summed E-state index contributed by atoms with van der Waals surface area (Å²) in [5.41, 5.74) is 3.93. The molecule has 0 atom stereocenters. The topological polar surface area (TPSA) is 95.4 Å². The minimum Gasteiger partial charge on any atom is -0.335 e. The summed E-state index contributed by atoms with van der Waals surface area (Å²) < 4.78 is 0. The lowest BCUT2D eigenvalue weighted by molar-refractivity contribution is -0.114. The molecule has 1 amide bonds. The van der Waals surface area contributed by atoms with Crippen LogP contribution >= 0.6 is 0 Å². The van der Waals surface area contributed by atoms with E-state index >= 15 is 0 Å². The molecule has 2 aliphatic heterocycles. The fourth-order valence-electron chi connectivity index (χ4n) is 2.75. The summed E-state index contributed by atoms with van der Waals surface area (Å²) in [7, 11) is 0. The summed E-state index contributed by atoms with van der Waals surface area (Å²) in [6.07, 6.45) is 0. The number of carbonyl (C=O) groups is 1. The van der Waals surface area contributed by atoms with Crippen molar-refractivity contribution in [2.24, 2.45) is 5.10 Å². The Morgan fingerprint density at radius 2 is 1.71 bits per heavy atom. The highest BCUT2D eigenvalue weighted by molar-refractivity contribution is 6.29. The van der Waals surface area contributed by atoms with Crippen LogP contribution in [0.2, 0.25) is 0 Å². The molecule has 0 saturated heterocycles. The smallest absolute Gasteiger partial charge is 0.283 e. The van der Waals surface area contributed by atoms with Crippen molar-refractivity contribution >= 4 is 40.6 Å². The second-order valence-electron chi connectivity index (χ2n) is 5.78. The highest BCUT2D eigenvalue weighted by Gasteiger charge is 2.32. The van der Waals surface area contributed by atoms with Crippen LogP contribution in [0.4, 0.5) is 29.0 Å². The number of hydrogen-bond acceptors (Lipinski definition) is 7. The van der Waals surface area contributed by atoms with Crippen molar-refractivity contribution < 1.29 is 4.79 Å². The van der Waals surface area contributed by atoms with Gasteiger partial charge in [0.2, 0.25) is 0 Å². The van der Waals surface area contributed by atoms with Crippen molar-refractivity contribution in [2.75, 3.05) is 15.6 Å². The van der Waals surface area contributed by atoms with Gasteiger partial charge in [-0.3, -0.25) is 4.79 Å². The molecular weight excluding hydrogens is 306 g/mol. The van der Waals surface area contributed by atoms with Gasteiger partial charge in [-0.15, -0.1) is 10.2 Å². The minimum absolute atomic E-state index is 0.142. The second kappa shape index (κ2) is 5.12. The molecule has 24 heavy (non-hydrogen) atoms. The Morgan fingerprint density at radius 3 is 2.33 bits per heavy atom. The van der Waals surface area contributed by atoms with Gasteiger partial charge in [0.25, 0.3) is 11.9 Å². The Kier molecular flexibility index (Phi) is 3.05. The lowest BCUT2D eigenvalue weighted by Crippen LogP contribution is -2.25. The first kappa shape index (κ1) is 14.3. The summed E-state index contributed by atoms with van der Waals surface area (Å²) in [4.78, 5) is 16.9. The molecule has 0 aliphatic carbocycles. The van der Waals surface area contributed by atoms with E-state index in [0.29, 0.717) is 22.9 Å². The van der Waals surface area contributed by atoms with Crippen LogP contribution < -0.4 is 15.6 Å². The fraction of sp³-hybridized carbons (Fsp3) is 0.188. The Hall–Kier alpha value is -3.29. The lowest BCUT2D eigenvalue weighted by atomic mass is 10.1. The van der Waals surface area contributed by atoms with Crippen molar-refractivity contribution in [2.45, 2.75) is 20.8 Å². The van der Waals surface area contributed by atoms with E-state index < -0.39 is 0 Å². The van der Waals surface area contributed by atoms with Gasteiger partial charge in [0.1, 0.15) is 0 Å². The third-order valence-corrected chi connectivity index (χ3v) is 3.82. The van der Waals surface area contributed by atoms with E-state index in [0.717, 1.165) is 16.9 Å². The van der Waals surface area contributed by atoms with Crippen LogP contribution in [0.5, 0.6) is 0 Å². The molecule has 2 aromatic rings. The number of benzene rings is 1. The SMILES string of the molecule is CC1=NN(c2nnc3c(n2)Nc2ccccc2N3)C(=O)C1=C(C)C. The van der Waals surface area contributed by atoms with E-state index in [-0.39, 0.29) is 11.9 Å². The zero-order valence-corrected chi connectivity index (χ0v) is 13.5. The first-order valence-electron chi connectivity index (χ1n) is 7.50. The predicted octanol–water partition coefficient (Wildman–Crippen LogP) is 2.73. The molecule has 120 valence electrons. The predicted molar refractivity (Wildman–Crippen MR) is 91.8 cm³/mol. The molecule has 0 fully saturated rings. The summed E-state index contributed by atoms with van der Waals surface area (Å²) >= 11 is 0. The number of anilines is 5. The van der Waals surface area contributed by atoms with E-state index in [4.69, 9.17) is 0 Å². The maximum atomic E-state index is 12.5. The number of hydrogen-bond donors (Lipinski definition) is 2. The molecule has 2 aliphatic rings. The Labute approximate surface area is 138 Å². The van der Waals surface area contributed by atoms with E-state index in [2.05, 4.69) is 30.9 Å². The molecule has 2 N–H and O–H groups in total. The minimum atomic E-state index is -0.238. The lowest BCUT2D eigenvalue weighted by Gasteiger charge is -2.21. The van der Waals surface area contributed by atoms with E-state index in [1.165, 1.54) is 5.01 Å². The molecule has 0 radical (unpaired) electrons. The Morgan fingerprint density at radius 1 is 1.04 bits per heavy atom. The Balaban J connectivity index is 1.71. The van der Waals surface area contributed by atoms with Crippen molar-refractivity contribution in [3.05, 3.63) is 35.4 Å². The molecule has 0 unspecified atom stereocenters. The highest BCUT2D eigenvalue weighted by Crippen LogP contribution is 2.36. The quantitative estimate of drug-likeness (QED) is 0.669. The third-order valence-electron chi connectivity index (χ3n) is 3.82. The molecule has 1 aromatic carbocycles. The average Bonchev–Trinajstić information content (AvgIpc) is 2.87. The van der Waals surface area contributed by atoms with Crippen molar-refractivity contribution in [3.8, 4) is 0 Å². The van der Waals surface area contributed by atoms with Gasteiger partial charge in [0.15, 0.2) is 11.6 Å². The van der Waals surface area contributed by atoms with Gasteiger partial charge >= 0.3 is 0 Å².